The monoisotopic (exact) mass is 438 g/mol. The Morgan fingerprint density at radius 3 is 2.70 bits per heavy atom. The highest BCUT2D eigenvalue weighted by atomic mass is 79.9. The number of aromatic nitrogens is 1. The van der Waals surface area contributed by atoms with Gasteiger partial charge >= 0.3 is 0 Å². The van der Waals surface area contributed by atoms with Gasteiger partial charge in [0.05, 0.1) is 27.9 Å². The Labute approximate surface area is 171 Å². The Balaban J connectivity index is 1.93. The first-order chi connectivity index (χ1) is 12.9. The molecule has 1 aromatic rings. The summed E-state index contributed by atoms with van der Waals surface area (Å²) in [7, 11) is 1.99. The second-order valence-corrected chi connectivity index (χ2v) is 8.22. The maximum absolute atomic E-state index is 6.14. The van der Waals surface area contributed by atoms with Crippen LogP contribution in [0.25, 0.3) is 0 Å². The number of rotatable bonds is 8. The molecule has 150 valence electrons. The maximum Gasteiger partial charge on any atom is 0.228 e. The minimum atomic E-state index is 0.151. The Bertz CT molecular complexity index is 666. The molecule has 1 aliphatic rings. The molecule has 6 nitrogen and oxygen atoms in total. The molecule has 1 heterocycles. The number of hydrogen-bond donors (Lipinski definition) is 0. The largest absolute Gasteiger partial charge is 0.474 e. The highest BCUT2D eigenvalue weighted by Gasteiger charge is 2.21. The van der Waals surface area contributed by atoms with Gasteiger partial charge in [0.2, 0.25) is 5.88 Å². The first-order valence-corrected chi connectivity index (χ1v) is 10.4. The van der Waals surface area contributed by atoms with E-state index < -0.39 is 0 Å². The van der Waals surface area contributed by atoms with E-state index in [0.717, 1.165) is 53.8 Å². The van der Waals surface area contributed by atoms with Gasteiger partial charge in [-0.15, -0.1) is 0 Å². The van der Waals surface area contributed by atoms with Crippen molar-refractivity contribution in [2.45, 2.75) is 59.5 Å². The fourth-order valence-electron chi connectivity index (χ4n) is 2.57. The van der Waals surface area contributed by atoms with E-state index in [2.05, 4.69) is 51.8 Å². The predicted molar refractivity (Wildman–Crippen MR) is 114 cm³/mol. The van der Waals surface area contributed by atoms with E-state index in [9.17, 15) is 0 Å². The van der Waals surface area contributed by atoms with Crippen LogP contribution >= 0.6 is 15.9 Å². The van der Waals surface area contributed by atoms with E-state index in [-0.39, 0.29) is 6.10 Å². The van der Waals surface area contributed by atoms with Crippen molar-refractivity contribution in [3.8, 4) is 5.88 Å². The van der Waals surface area contributed by atoms with E-state index in [1.54, 1.807) is 0 Å². The normalized spacial score (nSPS) is 17.4. The second kappa shape index (κ2) is 10.6. The van der Waals surface area contributed by atoms with Crippen molar-refractivity contribution in [2.75, 3.05) is 20.2 Å². The lowest BCUT2D eigenvalue weighted by atomic mass is 9.96. The van der Waals surface area contributed by atoms with E-state index in [1.807, 2.05) is 31.3 Å². The zero-order chi connectivity index (χ0) is 19.8. The van der Waals surface area contributed by atoms with Crippen LogP contribution in [-0.2, 0) is 4.84 Å². The summed E-state index contributed by atoms with van der Waals surface area (Å²) in [6.45, 7) is 9.86. The molecule has 0 aromatic carbocycles. The van der Waals surface area contributed by atoms with Crippen LogP contribution in [0.2, 0.25) is 0 Å². The molecular weight excluding hydrogens is 408 g/mol. The molecule has 1 aromatic heterocycles. The van der Waals surface area contributed by atoms with Gasteiger partial charge in [0.25, 0.3) is 0 Å². The molecule has 1 saturated carbocycles. The number of halogens is 1. The van der Waals surface area contributed by atoms with Crippen molar-refractivity contribution in [3.05, 3.63) is 16.2 Å². The predicted octanol–water partition coefficient (Wildman–Crippen LogP) is 5.11. The summed E-state index contributed by atoms with van der Waals surface area (Å²) in [6, 6.07) is 1.97. The van der Waals surface area contributed by atoms with Gasteiger partial charge in [-0.1, -0.05) is 19.0 Å². The van der Waals surface area contributed by atoms with Gasteiger partial charge in [-0.25, -0.2) is 9.98 Å². The highest BCUT2D eigenvalue weighted by Crippen LogP contribution is 2.32. The lowest BCUT2D eigenvalue weighted by molar-refractivity contribution is 0.114. The van der Waals surface area contributed by atoms with Crippen LogP contribution in [0.5, 0.6) is 5.88 Å². The third-order valence-corrected chi connectivity index (χ3v) is 4.96. The van der Waals surface area contributed by atoms with E-state index in [1.165, 1.54) is 0 Å². The van der Waals surface area contributed by atoms with Crippen LogP contribution < -0.4 is 4.74 Å². The first-order valence-electron chi connectivity index (χ1n) is 9.65. The zero-order valence-corrected chi connectivity index (χ0v) is 18.6. The SMILES string of the molecule is CCN(C)/C=N/c1cc(Br)c(OC2CCC(=NOCC(C)C)CC2)nc1C. The van der Waals surface area contributed by atoms with Gasteiger partial charge in [-0.05, 0) is 67.4 Å². The molecule has 0 bridgehead atoms. The van der Waals surface area contributed by atoms with Crippen molar-refractivity contribution in [3.63, 3.8) is 0 Å². The number of nitrogens with zero attached hydrogens (tertiary/aromatic N) is 4. The molecule has 1 fully saturated rings. The molecule has 0 radical (unpaired) electrons. The van der Waals surface area contributed by atoms with Crippen LogP contribution in [0.4, 0.5) is 5.69 Å². The molecule has 1 aliphatic carbocycles. The third kappa shape index (κ3) is 7.13. The molecule has 0 spiro atoms. The van der Waals surface area contributed by atoms with Crippen molar-refractivity contribution in [1.82, 2.24) is 9.88 Å². The first kappa shape index (κ1) is 21.7. The minimum absolute atomic E-state index is 0.151. The Morgan fingerprint density at radius 1 is 1.37 bits per heavy atom. The Kier molecular flexibility index (Phi) is 8.54. The highest BCUT2D eigenvalue weighted by molar-refractivity contribution is 9.10. The van der Waals surface area contributed by atoms with Gasteiger partial charge < -0.3 is 14.5 Å². The quantitative estimate of drug-likeness (QED) is 0.321. The number of aliphatic imine (C=N–C) groups is 1. The van der Waals surface area contributed by atoms with Crippen LogP contribution in [0.1, 0.15) is 52.1 Å². The average molecular weight is 439 g/mol. The van der Waals surface area contributed by atoms with Crippen LogP contribution in [-0.4, -0.2) is 48.2 Å². The number of ether oxygens (including phenoxy) is 1. The zero-order valence-electron chi connectivity index (χ0n) is 17.0. The molecule has 7 heteroatoms. The lowest BCUT2D eigenvalue weighted by Gasteiger charge is -2.24. The van der Waals surface area contributed by atoms with Crippen molar-refractivity contribution >= 4 is 33.7 Å². The fourth-order valence-corrected chi connectivity index (χ4v) is 2.97. The topological polar surface area (TPSA) is 59.3 Å². The van der Waals surface area contributed by atoms with Crippen molar-refractivity contribution in [1.29, 1.82) is 0 Å². The van der Waals surface area contributed by atoms with Crippen LogP contribution in [0, 0.1) is 12.8 Å². The maximum atomic E-state index is 6.14. The minimum Gasteiger partial charge on any atom is -0.474 e. The average Bonchev–Trinajstić information content (AvgIpc) is 2.64. The summed E-state index contributed by atoms with van der Waals surface area (Å²) in [5, 5.41) is 4.27. The van der Waals surface area contributed by atoms with E-state index >= 15 is 0 Å². The van der Waals surface area contributed by atoms with E-state index in [4.69, 9.17) is 9.57 Å². The summed E-state index contributed by atoms with van der Waals surface area (Å²) in [6.07, 6.45) is 5.64. The molecule has 0 saturated heterocycles. The Hall–Kier alpha value is -1.63. The molecule has 0 atom stereocenters. The molecular formula is C20H31BrN4O2. The lowest BCUT2D eigenvalue weighted by Crippen LogP contribution is -2.25. The van der Waals surface area contributed by atoms with Gasteiger partial charge in [-0.2, -0.15) is 0 Å². The number of hydrogen-bond acceptors (Lipinski definition) is 5. The summed E-state index contributed by atoms with van der Waals surface area (Å²) in [5.41, 5.74) is 2.83. The molecule has 0 N–H and O–H groups in total. The Morgan fingerprint density at radius 2 is 2.07 bits per heavy atom. The van der Waals surface area contributed by atoms with Gasteiger partial charge in [0.15, 0.2) is 0 Å². The standard InChI is InChI=1S/C20H31BrN4O2/c1-6-25(5)13-22-19-11-18(21)20(23-15(19)4)27-17-9-7-16(8-10-17)24-26-12-14(2)3/h11,13-14,17H,6-10,12H2,1-5H3/b22-13+,24-16?. The number of oxime groups is 1. The molecule has 0 amide bonds. The van der Waals surface area contributed by atoms with Crippen LogP contribution in [0.3, 0.4) is 0 Å². The van der Waals surface area contributed by atoms with E-state index in [0.29, 0.717) is 18.4 Å². The summed E-state index contributed by atoms with van der Waals surface area (Å²) < 4.78 is 6.98. The summed E-state index contributed by atoms with van der Waals surface area (Å²) >= 11 is 3.57. The van der Waals surface area contributed by atoms with Crippen molar-refractivity contribution < 1.29 is 9.57 Å². The summed E-state index contributed by atoms with van der Waals surface area (Å²) in [5.74, 6) is 1.13. The van der Waals surface area contributed by atoms with Crippen LogP contribution in [0.15, 0.2) is 20.7 Å². The third-order valence-electron chi connectivity index (χ3n) is 4.39. The van der Waals surface area contributed by atoms with Gasteiger partial charge in [-0.3, -0.25) is 0 Å². The molecule has 2 rings (SSSR count). The smallest absolute Gasteiger partial charge is 0.228 e. The molecule has 0 unspecified atom stereocenters. The molecule has 0 aliphatic heterocycles. The number of pyridine rings is 1. The van der Waals surface area contributed by atoms with Gasteiger partial charge in [0, 0.05) is 13.6 Å². The fraction of sp³-hybridized carbons (Fsp3) is 0.650. The van der Waals surface area contributed by atoms with Crippen molar-refractivity contribution in [2.24, 2.45) is 16.1 Å². The number of aryl methyl sites for hydroxylation is 1. The second-order valence-electron chi connectivity index (χ2n) is 7.36. The molecule has 27 heavy (non-hydrogen) atoms. The summed E-state index contributed by atoms with van der Waals surface area (Å²) in [4.78, 5) is 16.5. The van der Waals surface area contributed by atoms with Gasteiger partial charge in [0.1, 0.15) is 12.7 Å².